The molecule has 0 radical (unpaired) electrons. The van der Waals surface area contributed by atoms with Crippen molar-refractivity contribution in [2.45, 2.75) is 129 Å². The van der Waals surface area contributed by atoms with Crippen LogP contribution in [-0.2, 0) is 38.0 Å². The highest BCUT2D eigenvalue weighted by molar-refractivity contribution is 5.75. The van der Waals surface area contributed by atoms with E-state index in [1.165, 1.54) is 64.2 Å². The van der Waals surface area contributed by atoms with Crippen molar-refractivity contribution < 1.29 is 38.0 Å². The number of carbonyl (C=O) groups is 2. The molecule has 0 atom stereocenters. The SMILES string of the molecule is CC(C)(C)OC(=O)CCCCCCCCCCCCCCCCC(=O)NCCOCCOCCOCCOCCOCCN. The largest absolute Gasteiger partial charge is 0.460 e. The Kier molecular flexibility index (Phi) is 32.1. The van der Waals surface area contributed by atoms with E-state index in [9.17, 15) is 9.59 Å². The fraction of sp³-hybridized carbons (Fsp3) is 0.941. The van der Waals surface area contributed by atoms with Gasteiger partial charge >= 0.3 is 5.97 Å². The number of hydrogen-bond acceptors (Lipinski definition) is 9. The smallest absolute Gasteiger partial charge is 0.306 e. The van der Waals surface area contributed by atoms with Crippen LogP contribution in [0.3, 0.4) is 0 Å². The molecule has 10 nitrogen and oxygen atoms in total. The van der Waals surface area contributed by atoms with Gasteiger partial charge in [0.05, 0.1) is 66.1 Å². The molecule has 0 saturated carbocycles. The van der Waals surface area contributed by atoms with E-state index in [0.29, 0.717) is 92.0 Å². The number of carbonyl (C=O) groups excluding carboxylic acids is 2. The highest BCUT2D eigenvalue weighted by atomic mass is 16.6. The second kappa shape index (κ2) is 33.1. The first-order valence-electron chi connectivity index (χ1n) is 17.4. The minimum absolute atomic E-state index is 0.0717. The molecule has 0 unspecified atom stereocenters. The lowest BCUT2D eigenvalue weighted by Crippen LogP contribution is -2.27. The Morgan fingerprint density at radius 3 is 1.23 bits per heavy atom. The standard InChI is InChI=1S/C34H68N2O8/c1-34(2,3)44-33(38)19-17-15-13-11-9-7-5-4-6-8-10-12-14-16-18-32(37)36-21-23-40-25-27-42-29-31-43-30-28-41-26-24-39-22-20-35/h4-31,35H2,1-3H3,(H,36,37). The summed E-state index contributed by atoms with van der Waals surface area (Å²) in [6.45, 7) is 12.1. The van der Waals surface area contributed by atoms with Crippen LogP contribution in [-0.4, -0.2) is 96.6 Å². The van der Waals surface area contributed by atoms with Gasteiger partial charge in [-0.05, 0) is 33.6 Å². The van der Waals surface area contributed by atoms with Crippen molar-refractivity contribution in [2.24, 2.45) is 5.73 Å². The Bertz CT molecular complexity index is 631. The van der Waals surface area contributed by atoms with Crippen LogP contribution in [0.25, 0.3) is 0 Å². The Morgan fingerprint density at radius 1 is 0.500 bits per heavy atom. The van der Waals surface area contributed by atoms with Gasteiger partial charge < -0.3 is 39.5 Å². The number of rotatable bonds is 34. The summed E-state index contributed by atoms with van der Waals surface area (Å²) in [6, 6.07) is 0. The van der Waals surface area contributed by atoms with E-state index in [-0.39, 0.29) is 17.5 Å². The first-order chi connectivity index (χ1) is 21.3. The molecule has 0 fully saturated rings. The van der Waals surface area contributed by atoms with Crippen LogP contribution < -0.4 is 11.1 Å². The number of amides is 1. The Labute approximate surface area is 269 Å². The van der Waals surface area contributed by atoms with Crippen LogP contribution in [0, 0.1) is 0 Å². The van der Waals surface area contributed by atoms with Crippen molar-refractivity contribution in [3.8, 4) is 0 Å². The fourth-order valence-electron chi connectivity index (χ4n) is 4.48. The molecule has 0 aliphatic rings. The lowest BCUT2D eigenvalue weighted by molar-refractivity contribution is -0.154. The number of unbranched alkanes of at least 4 members (excludes halogenated alkanes) is 13. The van der Waals surface area contributed by atoms with Gasteiger partial charge in [-0.25, -0.2) is 0 Å². The van der Waals surface area contributed by atoms with Gasteiger partial charge in [-0.15, -0.1) is 0 Å². The van der Waals surface area contributed by atoms with Crippen LogP contribution in [0.5, 0.6) is 0 Å². The molecule has 0 rings (SSSR count). The Morgan fingerprint density at radius 2 is 0.841 bits per heavy atom. The summed E-state index contributed by atoms with van der Waals surface area (Å²) in [5.41, 5.74) is 4.96. The molecule has 0 aromatic rings. The minimum Gasteiger partial charge on any atom is -0.460 e. The Balaban J connectivity index is 3.20. The van der Waals surface area contributed by atoms with Gasteiger partial charge in [0.2, 0.25) is 5.91 Å². The third kappa shape index (κ3) is 36.9. The maximum absolute atomic E-state index is 12.0. The predicted molar refractivity (Wildman–Crippen MR) is 176 cm³/mol. The van der Waals surface area contributed by atoms with Crippen LogP contribution >= 0.6 is 0 Å². The van der Waals surface area contributed by atoms with Gasteiger partial charge in [0.1, 0.15) is 5.60 Å². The molecule has 0 spiro atoms. The first kappa shape index (κ1) is 42.7. The van der Waals surface area contributed by atoms with Gasteiger partial charge in [0.25, 0.3) is 0 Å². The number of nitrogens with two attached hydrogens (primary N) is 1. The summed E-state index contributed by atoms with van der Waals surface area (Å²) in [5.74, 6) is 0.0367. The van der Waals surface area contributed by atoms with Crippen LogP contribution in [0.15, 0.2) is 0 Å². The third-order valence-electron chi connectivity index (χ3n) is 6.77. The van der Waals surface area contributed by atoms with E-state index in [4.69, 9.17) is 34.2 Å². The average Bonchev–Trinajstić information content (AvgIpc) is 2.97. The zero-order valence-corrected chi connectivity index (χ0v) is 28.6. The summed E-state index contributed by atoms with van der Waals surface area (Å²) in [7, 11) is 0. The molecule has 44 heavy (non-hydrogen) atoms. The van der Waals surface area contributed by atoms with Gasteiger partial charge in [0.15, 0.2) is 0 Å². The summed E-state index contributed by atoms with van der Waals surface area (Å²) in [4.78, 5) is 23.7. The highest BCUT2D eigenvalue weighted by Gasteiger charge is 2.15. The maximum Gasteiger partial charge on any atom is 0.306 e. The third-order valence-corrected chi connectivity index (χ3v) is 6.77. The highest BCUT2D eigenvalue weighted by Crippen LogP contribution is 2.15. The van der Waals surface area contributed by atoms with E-state index in [0.717, 1.165) is 25.7 Å². The van der Waals surface area contributed by atoms with Crippen molar-refractivity contribution in [3.63, 3.8) is 0 Å². The number of esters is 1. The van der Waals surface area contributed by atoms with Crippen molar-refractivity contribution in [1.29, 1.82) is 0 Å². The average molecular weight is 633 g/mol. The summed E-state index contributed by atoms with van der Waals surface area (Å²) < 4.78 is 32.3. The molecule has 0 aliphatic heterocycles. The molecule has 0 bridgehead atoms. The molecular weight excluding hydrogens is 564 g/mol. The van der Waals surface area contributed by atoms with E-state index >= 15 is 0 Å². The van der Waals surface area contributed by atoms with Gasteiger partial charge in [-0.3, -0.25) is 9.59 Å². The number of hydrogen-bond donors (Lipinski definition) is 2. The van der Waals surface area contributed by atoms with Crippen LogP contribution in [0.1, 0.15) is 124 Å². The molecule has 0 aliphatic carbocycles. The molecular formula is C34H68N2O8. The lowest BCUT2D eigenvalue weighted by atomic mass is 10.0. The zero-order valence-electron chi connectivity index (χ0n) is 28.6. The van der Waals surface area contributed by atoms with E-state index in [1.807, 2.05) is 20.8 Å². The second-order valence-corrected chi connectivity index (χ2v) is 12.2. The van der Waals surface area contributed by atoms with Gasteiger partial charge in [-0.1, -0.05) is 77.0 Å². The molecule has 0 saturated heterocycles. The van der Waals surface area contributed by atoms with Crippen molar-refractivity contribution in [3.05, 3.63) is 0 Å². The molecule has 10 heteroatoms. The lowest BCUT2D eigenvalue weighted by Gasteiger charge is -2.19. The summed E-state index contributed by atoms with van der Waals surface area (Å²) in [6.07, 6.45) is 18.1. The van der Waals surface area contributed by atoms with E-state index < -0.39 is 0 Å². The molecule has 0 aromatic heterocycles. The molecule has 262 valence electrons. The maximum atomic E-state index is 12.0. The van der Waals surface area contributed by atoms with E-state index in [1.54, 1.807) is 0 Å². The molecule has 0 aromatic carbocycles. The number of ether oxygens (including phenoxy) is 6. The van der Waals surface area contributed by atoms with Crippen LogP contribution in [0.2, 0.25) is 0 Å². The van der Waals surface area contributed by atoms with Crippen molar-refractivity contribution in [2.75, 3.05) is 79.2 Å². The quantitative estimate of drug-likeness (QED) is 0.0676. The second-order valence-electron chi connectivity index (χ2n) is 12.2. The minimum atomic E-state index is -0.374. The monoisotopic (exact) mass is 632 g/mol. The molecule has 0 heterocycles. The van der Waals surface area contributed by atoms with Crippen LogP contribution in [0.4, 0.5) is 0 Å². The normalized spacial score (nSPS) is 11.6. The van der Waals surface area contributed by atoms with Gasteiger partial charge in [-0.2, -0.15) is 0 Å². The summed E-state index contributed by atoms with van der Waals surface area (Å²) in [5, 5.41) is 2.92. The zero-order chi connectivity index (χ0) is 32.4. The van der Waals surface area contributed by atoms with E-state index in [2.05, 4.69) is 5.32 Å². The number of nitrogens with one attached hydrogen (secondary N) is 1. The topological polar surface area (TPSA) is 128 Å². The summed E-state index contributed by atoms with van der Waals surface area (Å²) >= 11 is 0. The Hall–Kier alpha value is -1.30. The fourth-order valence-corrected chi connectivity index (χ4v) is 4.48. The predicted octanol–water partition coefficient (Wildman–Crippen LogP) is 5.73. The van der Waals surface area contributed by atoms with Crippen molar-refractivity contribution in [1.82, 2.24) is 5.32 Å². The van der Waals surface area contributed by atoms with Gasteiger partial charge in [0, 0.05) is 25.9 Å². The molecule has 3 N–H and O–H groups in total. The van der Waals surface area contributed by atoms with Crippen molar-refractivity contribution >= 4 is 11.9 Å². The first-order valence-corrected chi connectivity index (χ1v) is 17.4. The molecule has 1 amide bonds.